The molecule has 3 N–H and O–H groups in total. The monoisotopic (exact) mass is 339 g/mol. The highest BCUT2D eigenvalue weighted by Gasteiger charge is 2.33. The van der Waals surface area contributed by atoms with Crippen molar-refractivity contribution < 1.29 is 9.59 Å². The molecule has 2 aromatic rings. The summed E-state index contributed by atoms with van der Waals surface area (Å²) in [5.74, 6) is -0.457. The van der Waals surface area contributed by atoms with E-state index in [4.69, 9.17) is 5.73 Å². The van der Waals surface area contributed by atoms with Crippen molar-refractivity contribution >= 4 is 23.1 Å². The predicted molar refractivity (Wildman–Crippen MR) is 95.5 cm³/mol. The molecule has 0 aliphatic carbocycles. The Morgan fingerprint density at radius 3 is 2.64 bits per heavy atom. The zero-order valence-electron chi connectivity index (χ0n) is 14.5. The number of rotatable bonds is 3. The second kappa shape index (κ2) is 6.25. The SMILES string of the molecule is CC(C)(C)C(=O)CN1C(=O)C(N)N=C(c2cc[nH]n2)c2ccccc21. The number of ketones is 1. The normalized spacial score (nSPS) is 17.8. The number of carbonyl (C=O) groups excluding carboxylic acids is 2. The molecule has 7 nitrogen and oxygen atoms in total. The number of anilines is 1. The number of nitrogens with one attached hydrogen (secondary N) is 1. The standard InChI is InChI=1S/C18H21N5O2/c1-18(2,3)14(24)10-23-13-7-5-4-6-11(13)15(12-8-9-20-22-12)21-16(19)17(23)25/h4-9,16H,10,19H2,1-3H3,(H,20,22). The molecule has 0 bridgehead atoms. The number of Topliss-reactive ketones (excluding diaryl/α,β-unsaturated/α-hetero) is 1. The summed E-state index contributed by atoms with van der Waals surface area (Å²) < 4.78 is 0. The molecule has 3 rings (SSSR count). The lowest BCUT2D eigenvalue weighted by atomic mass is 9.90. The molecule has 1 atom stereocenters. The third-order valence-corrected chi connectivity index (χ3v) is 4.12. The van der Waals surface area contributed by atoms with Gasteiger partial charge in [-0.25, -0.2) is 0 Å². The number of benzene rings is 1. The number of H-pyrrole nitrogens is 1. The Kier molecular flexibility index (Phi) is 4.26. The zero-order chi connectivity index (χ0) is 18.2. The minimum Gasteiger partial charge on any atom is -0.302 e. The zero-order valence-corrected chi connectivity index (χ0v) is 14.5. The number of aromatic nitrogens is 2. The predicted octanol–water partition coefficient (Wildman–Crippen LogP) is 1.49. The minimum atomic E-state index is -1.09. The van der Waals surface area contributed by atoms with Gasteiger partial charge in [-0.1, -0.05) is 39.0 Å². The van der Waals surface area contributed by atoms with Crippen LogP contribution in [0.25, 0.3) is 0 Å². The van der Waals surface area contributed by atoms with Gasteiger partial charge in [0.2, 0.25) is 0 Å². The van der Waals surface area contributed by atoms with E-state index < -0.39 is 17.5 Å². The Labute approximate surface area is 145 Å². The van der Waals surface area contributed by atoms with E-state index in [0.29, 0.717) is 17.1 Å². The third-order valence-electron chi connectivity index (χ3n) is 4.12. The smallest absolute Gasteiger partial charge is 0.266 e. The quantitative estimate of drug-likeness (QED) is 0.884. The molecule has 0 spiro atoms. The van der Waals surface area contributed by atoms with Crippen LogP contribution >= 0.6 is 0 Å². The highest BCUT2D eigenvalue weighted by Crippen LogP contribution is 2.28. The highest BCUT2D eigenvalue weighted by atomic mass is 16.2. The van der Waals surface area contributed by atoms with Gasteiger partial charge in [0.05, 0.1) is 17.9 Å². The van der Waals surface area contributed by atoms with Crippen LogP contribution in [0, 0.1) is 5.41 Å². The van der Waals surface area contributed by atoms with Crippen molar-refractivity contribution in [2.75, 3.05) is 11.4 Å². The molecule has 1 aromatic heterocycles. The van der Waals surface area contributed by atoms with Gasteiger partial charge in [0.25, 0.3) is 5.91 Å². The van der Waals surface area contributed by atoms with Gasteiger partial charge < -0.3 is 10.6 Å². The Balaban J connectivity index is 2.11. The fraction of sp³-hybridized carbons (Fsp3) is 0.333. The third kappa shape index (κ3) is 3.23. The Bertz CT molecular complexity index is 833. The summed E-state index contributed by atoms with van der Waals surface area (Å²) in [5.41, 5.74) is 7.90. The number of fused-ring (bicyclic) bond motifs is 1. The lowest BCUT2D eigenvalue weighted by molar-refractivity contribution is -0.127. The van der Waals surface area contributed by atoms with Crippen LogP contribution in [0.15, 0.2) is 41.5 Å². The Morgan fingerprint density at radius 2 is 2.00 bits per heavy atom. The molecule has 25 heavy (non-hydrogen) atoms. The van der Waals surface area contributed by atoms with E-state index in [1.807, 2.05) is 39.0 Å². The number of hydrogen-bond donors (Lipinski definition) is 2. The maximum Gasteiger partial charge on any atom is 0.266 e. The summed E-state index contributed by atoms with van der Waals surface area (Å²) in [4.78, 5) is 31.1. The molecular weight excluding hydrogens is 318 g/mol. The van der Waals surface area contributed by atoms with E-state index in [1.165, 1.54) is 4.90 Å². The van der Waals surface area contributed by atoms with Gasteiger partial charge in [-0.15, -0.1) is 0 Å². The number of nitrogens with two attached hydrogens (primary N) is 1. The maximum atomic E-state index is 12.8. The van der Waals surface area contributed by atoms with E-state index in [1.54, 1.807) is 18.3 Å². The first-order valence-electron chi connectivity index (χ1n) is 8.06. The molecule has 1 aliphatic rings. The number of aromatic amines is 1. The first-order chi connectivity index (χ1) is 11.8. The molecule has 0 saturated carbocycles. The second-order valence-electron chi connectivity index (χ2n) is 7.00. The van der Waals surface area contributed by atoms with E-state index in [2.05, 4.69) is 15.2 Å². The molecule has 0 saturated heterocycles. The van der Waals surface area contributed by atoms with Crippen LogP contribution in [-0.4, -0.2) is 40.3 Å². The fourth-order valence-corrected chi connectivity index (χ4v) is 2.59. The van der Waals surface area contributed by atoms with Crippen LogP contribution in [0.5, 0.6) is 0 Å². The van der Waals surface area contributed by atoms with E-state index in [9.17, 15) is 9.59 Å². The summed E-state index contributed by atoms with van der Waals surface area (Å²) in [6.45, 7) is 5.44. The van der Waals surface area contributed by atoms with Crippen LogP contribution in [0.3, 0.4) is 0 Å². The summed E-state index contributed by atoms with van der Waals surface area (Å²) >= 11 is 0. The molecule has 0 fully saturated rings. The molecule has 1 amide bonds. The molecule has 2 heterocycles. The van der Waals surface area contributed by atoms with Crippen molar-refractivity contribution in [3.63, 3.8) is 0 Å². The van der Waals surface area contributed by atoms with Crippen molar-refractivity contribution in [3.05, 3.63) is 47.8 Å². The van der Waals surface area contributed by atoms with Gasteiger partial charge in [-0.3, -0.25) is 19.7 Å². The van der Waals surface area contributed by atoms with Gasteiger partial charge in [-0.2, -0.15) is 5.10 Å². The number of para-hydroxylation sites is 1. The average Bonchev–Trinajstić information content (AvgIpc) is 3.07. The largest absolute Gasteiger partial charge is 0.302 e. The van der Waals surface area contributed by atoms with Crippen molar-refractivity contribution in [1.82, 2.24) is 10.2 Å². The van der Waals surface area contributed by atoms with Crippen LogP contribution in [0.1, 0.15) is 32.0 Å². The van der Waals surface area contributed by atoms with E-state index in [0.717, 1.165) is 5.56 Å². The Hall–Kier alpha value is -2.80. The number of carbonyl (C=O) groups is 2. The molecule has 7 heteroatoms. The molecule has 0 radical (unpaired) electrons. The lowest BCUT2D eigenvalue weighted by Gasteiger charge is -2.27. The first-order valence-corrected chi connectivity index (χ1v) is 8.06. The number of benzodiazepines with no additional fused rings is 1. The number of nitrogens with zero attached hydrogens (tertiary/aromatic N) is 3. The second-order valence-corrected chi connectivity index (χ2v) is 7.00. The van der Waals surface area contributed by atoms with Crippen molar-refractivity contribution in [3.8, 4) is 0 Å². The van der Waals surface area contributed by atoms with Crippen LogP contribution in [0.4, 0.5) is 5.69 Å². The highest BCUT2D eigenvalue weighted by molar-refractivity contribution is 6.19. The van der Waals surface area contributed by atoms with Crippen molar-refractivity contribution in [2.24, 2.45) is 16.1 Å². The maximum absolute atomic E-state index is 12.8. The first kappa shape index (κ1) is 17.0. The van der Waals surface area contributed by atoms with Crippen LogP contribution in [-0.2, 0) is 9.59 Å². The van der Waals surface area contributed by atoms with Crippen molar-refractivity contribution in [2.45, 2.75) is 26.9 Å². The van der Waals surface area contributed by atoms with Gasteiger partial charge in [-0.05, 0) is 12.1 Å². The average molecular weight is 339 g/mol. The summed E-state index contributed by atoms with van der Waals surface area (Å²) in [5, 5.41) is 6.90. The minimum absolute atomic E-state index is 0.0452. The summed E-state index contributed by atoms with van der Waals surface area (Å²) in [7, 11) is 0. The van der Waals surface area contributed by atoms with Gasteiger partial charge in [0.15, 0.2) is 11.9 Å². The lowest BCUT2D eigenvalue weighted by Crippen LogP contribution is -2.46. The summed E-state index contributed by atoms with van der Waals surface area (Å²) in [6, 6.07) is 9.08. The van der Waals surface area contributed by atoms with Gasteiger partial charge in [0, 0.05) is 17.2 Å². The number of amides is 1. The fourth-order valence-electron chi connectivity index (χ4n) is 2.59. The summed E-state index contributed by atoms with van der Waals surface area (Å²) in [6.07, 6.45) is 0.589. The Morgan fingerprint density at radius 1 is 1.28 bits per heavy atom. The topological polar surface area (TPSA) is 104 Å². The van der Waals surface area contributed by atoms with E-state index >= 15 is 0 Å². The van der Waals surface area contributed by atoms with Gasteiger partial charge >= 0.3 is 0 Å². The van der Waals surface area contributed by atoms with Crippen LogP contribution < -0.4 is 10.6 Å². The van der Waals surface area contributed by atoms with Crippen molar-refractivity contribution in [1.29, 1.82) is 0 Å². The molecule has 1 aliphatic heterocycles. The molecule has 130 valence electrons. The van der Waals surface area contributed by atoms with Gasteiger partial charge in [0.1, 0.15) is 5.69 Å². The molecule has 1 unspecified atom stereocenters. The number of hydrogen-bond acceptors (Lipinski definition) is 5. The van der Waals surface area contributed by atoms with Crippen LogP contribution in [0.2, 0.25) is 0 Å². The molecule has 1 aromatic carbocycles. The van der Waals surface area contributed by atoms with E-state index in [-0.39, 0.29) is 12.3 Å². The molecular formula is C18H21N5O2. The number of aliphatic imine (C=N–C) groups is 1.